The summed E-state index contributed by atoms with van der Waals surface area (Å²) in [5.41, 5.74) is 2.30. The van der Waals surface area contributed by atoms with Gasteiger partial charge in [-0.1, -0.05) is 42.5 Å². The summed E-state index contributed by atoms with van der Waals surface area (Å²) in [7, 11) is 0. The van der Waals surface area contributed by atoms with Gasteiger partial charge in [-0.3, -0.25) is 0 Å². The molecular weight excluding hydrogens is 350 g/mol. The Morgan fingerprint density at radius 3 is 2.23 bits per heavy atom. The number of hydrogen-bond donors (Lipinski definition) is 3. The first kappa shape index (κ1) is 17.9. The van der Waals surface area contributed by atoms with Crippen molar-refractivity contribution in [3.8, 4) is 5.75 Å². The van der Waals surface area contributed by atoms with Gasteiger partial charge in [0.1, 0.15) is 5.75 Å². The maximum absolute atomic E-state index is 9.31. The lowest BCUT2D eigenvalue weighted by molar-refractivity contribution is 0.475. The Kier molecular flexibility index (Phi) is 6.22. The number of benzene rings is 2. The predicted octanol–water partition coefficient (Wildman–Crippen LogP) is 3.89. The number of anilines is 2. The predicted molar refractivity (Wildman–Crippen MR) is 104 cm³/mol. The number of nitrogens with one attached hydrogen (secondary N) is 2. The number of hydrogen-bond acceptors (Lipinski definition) is 6. The summed E-state index contributed by atoms with van der Waals surface area (Å²) in [6, 6.07) is 17.3. The molecule has 0 spiro atoms. The molecule has 0 bridgehead atoms. The molecule has 1 aromatic heterocycles. The normalized spacial score (nSPS) is 10.5. The zero-order valence-corrected chi connectivity index (χ0v) is 14.9. The molecule has 0 fully saturated rings. The fourth-order valence-corrected chi connectivity index (χ4v) is 2.60. The lowest BCUT2D eigenvalue weighted by atomic mass is 10.1. The number of rotatable bonds is 8. The van der Waals surface area contributed by atoms with Crippen molar-refractivity contribution in [2.45, 2.75) is 19.4 Å². The minimum Gasteiger partial charge on any atom is -0.508 e. The highest BCUT2D eigenvalue weighted by Gasteiger charge is 2.05. The van der Waals surface area contributed by atoms with Gasteiger partial charge in [-0.2, -0.15) is 15.0 Å². The molecule has 0 saturated carbocycles. The molecular formula is C19H20ClN5O. The van der Waals surface area contributed by atoms with E-state index in [4.69, 9.17) is 11.6 Å². The van der Waals surface area contributed by atoms with Crippen LogP contribution in [0, 0.1) is 0 Å². The number of nitrogens with zero attached hydrogens (tertiary/aromatic N) is 3. The van der Waals surface area contributed by atoms with E-state index in [-0.39, 0.29) is 11.0 Å². The summed E-state index contributed by atoms with van der Waals surface area (Å²) >= 11 is 5.99. The van der Waals surface area contributed by atoms with Crippen LogP contribution in [0.15, 0.2) is 54.6 Å². The maximum atomic E-state index is 9.31. The number of halogens is 1. The van der Waals surface area contributed by atoms with Crippen molar-refractivity contribution in [3.63, 3.8) is 0 Å². The van der Waals surface area contributed by atoms with E-state index >= 15 is 0 Å². The molecule has 0 atom stereocenters. The average Bonchev–Trinajstić information content (AvgIpc) is 2.65. The van der Waals surface area contributed by atoms with Gasteiger partial charge < -0.3 is 15.7 Å². The standard InChI is InChI=1S/C19H20ClN5O/c20-17-23-18(21-12-4-7-14-5-2-1-3-6-14)25-19(24-17)22-13-15-8-10-16(26)11-9-15/h1-3,5-6,8-11,26H,4,7,12-13H2,(H2,21,22,23,24,25). The van der Waals surface area contributed by atoms with Crippen LogP contribution in [0.4, 0.5) is 11.9 Å². The van der Waals surface area contributed by atoms with Crippen molar-refractivity contribution in [1.82, 2.24) is 15.0 Å². The van der Waals surface area contributed by atoms with E-state index in [0.717, 1.165) is 24.9 Å². The van der Waals surface area contributed by atoms with Gasteiger partial charge in [0, 0.05) is 13.1 Å². The van der Waals surface area contributed by atoms with E-state index < -0.39 is 0 Å². The van der Waals surface area contributed by atoms with Crippen LogP contribution < -0.4 is 10.6 Å². The number of phenols is 1. The van der Waals surface area contributed by atoms with Gasteiger partial charge in [0.25, 0.3) is 0 Å². The number of aromatic hydroxyl groups is 1. The molecule has 26 heavy (non-hydrogen) atoms. The summed E-state index contributed by atoms with van der Waals surface area (Å²) < 4.78 is 0. The van der Waals surface area contributed by atoms with Gasteiger partial charge in [-0.15, -0.1) is 0 Å². The Morgan fingerprint density at radius 2 is 1.50 bits per heavy atom. The fraction of sp³-hybridized carbons (Fsp3) is 0.211. The lowest BCUT2D eigenvalue weighted by Gasteiger charge is -2.09. The molecule has 6 nitrogen and oxygen atoms in total. The quantitative estimate of drug-likeness (QED) is 0.522. The van der Waals surface area contributed by atoms with Crippen LogP contribution in [-0.4, -0.2) is 26.6 Å². The van der Waals surface area contributed by atoms with Crippen molar-refractivity contribution in [3.05, 3.63) is 71.0 Å². The number of aromatic nitrogens is 3. The lowest BCUT2D eigenvalue weighted by Crippen LogP contribution is -2.10. The maximum Gasteiger partial charge on any atom is 0.229 e. The summed E-state index contributed by atoms with van der Waals surface area (Å²) in [6.07, 6.45) is 1.95. The van der Waals surface area contributed by atoms with Crippen LogP contribution in [0.1, 0.15) is 17.5 Å². The summed E-state index contributed by atoms with van der Waals surface area (Å²) in [6.45, 7) is 1.26. The molecule has 3 aromatic rings. The summed E-state index contributed by atoms with van der Waals surface area (Å²) in [5, 5.41) is 15.7. The first-order valence-corrected chi connectivity index (χ1v) is 8.78. The molecule has 0 aliphatic heterocycles. The Bertz CT molecular complexity index is 827. The van der Waals surface area contributed by atoms with Gasteiger partial charge in [0.05, 0.1) is 0 Å². The van der Waals surface area contributed by atoms with E-state index in [0.29, 0.717) is 18.4 Å². The zero-order chi connectivity index (χ0) is 18.2. The molecule has 0 amide bonds. The molecule has 0 saturated heterocycles. The monoisotopic (exact) mass is 369 g/mol. The second-order valence-electron chi connectivity index (χ2n) is 5.79. The van der Waals surface area contributed by atoms with Gasteiger partial charge in [-0.25, -0.2) is 0 Å². The second-order valence-corrected chi connectivity index (χ2v) is 6.13. The average molecular weight is 370 g/mol. The van der Waals surface area contributed by atoms with E-state index in [9.17, 15) is 5.11 Å². The summed E-state index contributed by atoms with van der Waals surface area (Å²) in [4.78, 5) is 12.5. The van der Waals surface area contributed by atoms with E-state index in [1.54, 1.807) is 12.1 Å². The van der Waals surface area contributed by atoms with Crippen LogP contribution in [0.5, 0.6) is 5.75 Å². The van der Waals surface area contributed by atoms with Crippen molar-refractivity contribution < 1.29 is 5.11 Å². The molecule has 0 radical (unpaired) electrons. The summed E-state index contributed by atoms with van der Waals surface area (Å²) in [5.74, 6) is 1.09. The molecule has 1 heterocycles. The van der Waals surface area contributed by atoms with Gasteiger partial charge >= 0.3 is 0 Å². The van der Waals surface area contributed by atoms with Crippen LogP contribution in [0.3, 0.4) is 0 Å². The van der Waals surface area contributed by atoms with Crippen molar-refractivity contribution in [2.24, 2.45) is 0 Å². The molecule has 2 aromatic carbocycles. The van der Waals surface area contributed by atoms with Gasteiger partial charge in [0.2, 0.25) is 17.2 Å². The first-order valence-electron chi connectivity index (χ1n) is 8.40. The highest BCUT2D eigenvalue weighted by atomic mass is 35.5. The second kappa shape index (κ2) is 9.01. The fourth-order valence-electron chi connectivity index (χ4n) is 2.44. The first-order chi connectivity index (χ1) is 12.7. The van der Waals surface area contributed by atoms with Crippen molar-refractivity contribution in [2.75, 3.05) is 17.2 Å². The highest BCUT2D eigenvalue weighted by Crippen LogP contribution is 2.13. The minimum atomic E-state index is 0.138. The highest BCUT2D eigenvalue weighted by molar-refractivity contribution is 6.28. The molecule has 0 aliphatic carbocycles. The largest absolute Gasteiger partial charge is 0.508 e. The van der Waals surface area contributed by atoms with Crippen LogP contribution in [0.25, 0.3) is 0 Å². The third-order valence-electron chi connectivity index (χ3n) is 3.76. The van der Waals surface area contributed by atoms with Crippen molar-refractivity contribution >= 4 is 23.5 Å². The Balaban J connectivity index is 1.51. The van der Waals surface area contributed by atoms with Crippen LogP contribution in [-0.2, 0) is 13.0 Å². The molecule has 3 rings (SSSR count). The molecule has 3 N–H and O–H groups in total. The third-order valence-corrected chi connectivity index (χ3v) is 3.93. The van der Waals surface area contributed by atoms with Gasteiger partial charge in [-0.05, 0) is 47.7 Å². The van der Waals surface area contributed by atoms with E-state index in [2.05, 4.69) is 37.7 Å². The molecule has 7 heteroatoms. The Hall–Kier alpha value is -2.86. The topological polar surface area (TPSA) is 83.0 Å². The molecule has 134 valence electrons. The van der Waals surface area contributed by atoms with Crippen molar-refractivity contribution in [1.29, 1.82) is 0 Å². The van der Waals surface area contributed by atoms with Gasteiger partial charge in [0.15, 0.2) is 0 Å². The van der Waals surface area contributed by atoms with Crippen LogP contribution in [0.2, 0.25) is 5.28 Å². The number of phenolic OH excluding ortho intramolecular Hbond substituents is 1. The molecule has 0 unspecified atom stereocenters. The Labute approximate surface area is 157 Å². The zero-order valence-electron chi connectivity index (χ0n) is 14.2. The third kappa shape index (κ3) is 5.60. The van der Waals surface area contributed by atoms with E-state index in [1.807, 2.05) is 30.3 Å². The SMILES string of the molecule is Oc1ccc(CNc2nc(Cl)nc(NCCCc3ccccc3)n2)cc1. The number of aryl methyl sites for hydroxylation is 1. The molecule has 0 aliphatic rings. The smallest absolute Gasteiger partial charge is 0.229 e. The van der Waals surface area contributed by atoms with Crippen LogP contribution >= 0.6 is 11.6 Å². The van der Waals surface area contributed by atoms with E-state index in [1.165, 1.54) is 5.56 Å². The minimum absolute atomic E-state index is 0.138. The Morgan fingerprint density at radius 1 is 0.808 bits per heavy atom.